The summed E-state index contributed by atoms with van der Waals surface area (Å²) in [5, 5.41) is 14.5. The molecule has 0 atom stereocenters. The van der Waals surface area contributed by atoms with Gasteiger partial charge in [0.05, 0.1) is 24.6 Å². The van der Waals surface area contributed by atoms with Crippen LogP contribution in [0.25, 0.3) is 23.0 Å². The van der Waals surface area contributed by atoms with E-state index >= 15 is 0 Å². The molecule has 2 aromatic carbocycles. The van der Waals surface area contributed by atoms with Crippen LogP contribution >= 0.6 is 11.8 Å². The van der Waals surface area contributed by atoms with E-state index in [2.05, 4.69) is 25.1 Å². The van der Waals surface area contributed by atoms with E-state index < -0.39 is 0 Å². The predicted octanol–water partition coefficient (Wildman–Crippen LogP) is 4.42. The lowest BCUT2D eigenvalue weighted by Gasteiger charge is -2.26. The molecular formula is C25H24N4O2S. The van der Waals surface area contributed by atoms with E-state index in [9.17, 15) is 10.1 Å². The molecule has 1 aromatic heterocycles. The molecule has 32 heavy (non-hydrogen) atoms. The Morgan fingerprint density at radius 1 is 1.16 bits per heavy atom. The van der Waals surface area contributed by atoms with Gasteiger partial charge in [0.25, 0.3) is 5.91 Å². The number of carbonyl (C=O) groups excluding carboxylic acids is 1. The topological polar surface area (TPSA) is 71.2 Å². The average Bonchev–Trinajstić information content (AvgIpc) is 3.28. The van der Waals surface area contributed by atoms with Crippen LogP contribution in [0.15, 0.2) is 71.3 Å². The van der Waals surface area contributed by atoms with Gasteiger partial charge in [0.15, 0.2) is 0 Å². The lowest BCUT2D eigenvalue weighted by molar-refractivity contribution is -0.130. The Morgan fingerprint density at radius 2 is 1.88 bits per heavy atom. The van der Waals surface area contributed by atoms with E-state index in [-0.39, 0.29) is 11.5 Å². The van der Waals surface area contributed by atoms with Crippen molar-refractivity contribution in [2.45, 2.75) is 11.8 Å². The fourth-order valence-electron chi connectivity index (χ4n) is 3.54. The van der Waals surface area contributed by atoms with Gasteiger partial charge in [-0.2, -0.15) is 10.4 Å². The highest BCUT2D eigenvalue weighted by Crippen LogP contribution is 2.28. The number of amides is 1. The summed E-state index contributed by atoms with van der Waals surface area (Å²) >= 11 is 1.78. The smallest absolute Gasteiger partial charge is 0.264 e. The van der Waals surface area contributed by atoms with Crippen molar-refractivity contribution < 1.29 is 9.53 Å². The number of benzene rings is 2. The van der Waals surface area contributed by atoms with Crippen LogP contribution in [0.3, 0.4) is 0 Å². The molecule has 1 aliphatic heterocycles. The van der Waals surface area contributed by atoms with Crippen molar-refractivity contribution >= 4 is 23.7 Å². The molecule has 0 saturated carbocycles. The summed E-state index contributed by atoms with van der Waals surface area (Å²) < 4.78 is 7.11. The summed E-state index contributed by atoms with van der Waals surface area (Å²) in [4.78, 5) is 15.8. The monoisotopic (exact) mass is 444 g/mol. The maximum Gasteiger partial charge on any atom is 0.264 e. The van der Waals surface area contributed by atoms with E-state index in [1.54, 1.807) is 27.4 Å². The summed E-state index contributed by atoms with van der Waals surface area (Å²) in [6.07, 6.45) is 3.51. The molecule has 1 aliphatic rings. The highest BCUT2D eigenvalue weighted by Gasteiger charge is 2.22. The lowest BCUT2D eigenvalue weighted by atomic mass is 10.1. The van der Waals surface area contributed by atoms with Crippen LogP contribution in [-0.2, 0) is 9.53 Å². The van der Waals surface area contributed by atoms with E-state index in [1.807, 2.05) is 48.7 Å². The molecule has 7 heteroatoms. The van der Waals surface area contributed by atoms with Crippen molar-refractivity contribution in [2.24, 2.45) is 0 Å². The van der Waals surface area contributed by atoms with Gasteiger partial charge < -0.3 is 9.64 Å². The molecule has 1 fully saturated rings. The van der Waals surface area contributed by atoms with E-state index in [0.29, 0.717) is 26.3 Å². The second-order valence-corrected chi connectivity index (χ2v) is 8.58. The van der Waals surface area contributed by atoms with Crippen molar-refractivity contribution in [1.29, 1.82) is 5.26 Å². The molecule has 0 bridgehead atoms. The molecule has 2 heterocycles. The molecule has 3 aromatic rings. The second kappa shape index (κ2) is 10.3. The minimum absolute atomic E-state index is 0.0962. The number of morpholine rings is 1. The number of rotatable bonds is 6. The Hall–Kier alpha value is -3.34. The number of thioether (sulfide) groups is 1. The highest BCUT2D eigenvalue weighted by atomic mass is 32.2. The first-order valence-electron chi connectivity index (χ1n) is 10.6. The fraction of sp³-hybridized carbons (Fsp3) is 0.240. The Labute approximate surface area is 192 Å². The maximum absolute atomic E-state index is 12.9. The Morgan fingerprint density at radius 3 is 2.53 bits per heavy atom. The molecule has 0 N–H and O–H groups in total. The summed E-state index contributed by atoms with van der Waals surface area (Å²) in [6.45, 7) is 4.08. The lowest BCUT2D eigenvalue weighted by Crippen LogP contribution is -2.41. The molecule has 162 valence electrons. The molecule has 6 nitrogen and oxygen atoms in total. The van der Waals surface area contributed by atoms with Crippen LogP contribution in [0.5, 0.6) is 0 Å². The summed E-state index contributed by atoms with van der Waals surface area (Å²) in [7, 11) is 0. The van der Waals surface area contributed by atoms with Crippen molar-refractivity contribution in [3.05, 3.63) is 71.9 Å². The second-order valence-electron chi connectivity index (χ2n) is 7.24. The number of nitrogens with zero attached hydrogens (tertiary/aromatic N) is 4. The van der Waals surface area contributed by atoms with E-state index in [1.165, 1.54) is 4.90 Å². The van der Waals surface area contributed by atoms with Gasteiger partial charge in [0, 0.05) is 35.3 Å². The SMILES string of the molecule is CCSc1ccc(-c2nn(-c3ccccc3)cc2/C=C(\C#N)C(=O)N2CCOCC2)cc1. The number of aromatic nitrogens is 2. The van der Waals surface area contributed by atoms with Gasteiger partial charge in [-0.05, 0) is 36.1 Å². The fourth-order valence-corrected chi connectivity index (χ4v) is 4.20. The van der Waals surface area contributed by atoms with Gasteiger partial charge in [-0.1, -0.05) is 37.3 Å². The van der Waals surface area contributed by atoms with Crippen LogP contribution in [0, 0.1) is 11.3 Å². The minimum atomic E-state index is -0.274. The Balaban J connectivity index is 1.75. The molecule has 0 radical (unpaired) electrons. The summed E-state index contributed by atoms with van der Waals surface area (Å²) in [6, 6.07) is 20.1. The number of ether oxygens (including phenoxy) is 1. The third-order valence-electron chi connectivity index (χ3n) is 5.15. The van der Waals surface area contributed by atoms with Crippen molar-refractivity contribution in [1.82, 2.24) is 14.7 Å². The first kappa shape index (κ1) is 21.9. The molecule has 0 aliphatic carbocycles. The van der Waals surface area contributed by atoms with E-state index in [0.717, 1.165) is 28.3 Å². The quantitative estimate of drug-likeness (QED) is 0.320. The minimum Gasteiger partial charge on any atom is -0.378 e. The first-order chi connectivity index (χ1) is 15.7. The number of hydrogen-bond donors (Lipinski definition) is 0. The number of hydrogen-bond acceptors (Lipinski definition) is 5. The van der Waals surface area contributed by atoms with Crippen LogP contribution in [-0.4, -0.2) is 52.6 Å². The zero-order chi connectivity index (χ0) is 22.3. The molecule has 1 saturated heterocycles. The van der Waals surface area contributed by atoms with Gasteiger partial charge in [-0.25, -0.2) is 4.68 Å². The van der Waals surface area contributed by atoms with Gasteiger partial charge in [-0.15, -0.1) is 11.8 Å². The number of nitriles is 1. The molecule has 1 amide bonds. The average molecular weight is 445 g/mol. The summed E-state index contributed by atoms with van der Waals surface area (Å²) in [5.74, 6) is 0.731. The highest BCUT2D eigenvalue weighted by molar-refractivity contribution is 7.99. The first-order valence-corrected chi connectivity index (χ1v) is 11.6. The standard InChI is InChI=1S/C25H24N4O2S/c1-2-32-23-10-8-19(9-11-23)24-21(18-29(27-24)22-6-4-3-5-7-22)16-20(17-26)25(30)28-12-14-31-15-13-28/h3-11,16,18H,2,12-15H2,1H3/b20-16+. The normalized spacial score (nSPS) is 14.2. The van der Waals surface area contributed by atoms with Gasteiger partial charge >= 0.3 is 0 Å². The molecule has 0 spiro atoms. The largest absolute Gasteiger partial charge is 0.378 e. The van der Waals surface area contributed by atoms with Crippen LogP contribution in [0.2, 0.25) is 0 Å². The van der Waals surface area contributed by atoms with Gasteiger partial charge in [-0.3, -0.25) is 4.79 Å². The molecule has 4 rings (SSSR count). The van der Waals surface area contributed by atoms with Crippen LogP contribution in [0.1, 0.15) is 12.5 Å². The number of para-hydroxylation sites is 1. The van der Waals surface area contributed by atoms with Crippen LogP contribution in [0.4, 0.5) is 0 Å². The van der Waals surface area contributed by atoms with Gasteiger partial charge in [0.1, 0.15) is 11.6 Å². The zero-order valence-corrected chi connectivity index (χ0v) is 18.7. The van der Waals surface area contributed by atoms with Crippen LogP contribution < -0.4 is 0 Å². The Kier molecular flexibility index (Phi) is 7.05. The van der Waals surface area contributed by atoms with E-state index in [4.69, 9.17) is 9.84 Å². The number of carbonyl (C=O) groups is 1. The third-order valence-corrected chi connectivity index (χ3v) is 6.05. The Bertz CT molecular complexity index is 1140. The third kappa shape index (κ3) is 4.93. The van der Waals surface area contributed by atoms with Gasteiger partial charge in [0.2, 0.25) is 0 Å². The zero-order valence-electron chi connectivity index (χ0n) is 17.9. The van der Waals surface area contributed by atoms with Crippen molar-refractivity contribution in [2.75, 3.05) is 32.1 Å². The summed E-state index contributed by atoms with van der Waals surface area (Å²) in [5.41, 5.74) is 3.39. The maximum atomic E-state index is 12.9. The molecular weight excluding hydrogens is 420 g/mol. The molecule has 0 unspecified atom stereocenters. The van der Waals surface area contributed by atoms with Crippen molar-refractivity contribution in [3.63, 3.8) is 0 Å². The van der Waals surface area contributed by atoms with Crippen molar-refractivity contribution in [3.8, 4) is 23.0 Å². The predicted molar refractivity (Wildman–Crippen MR) is 126 cm³/mol.